The van der Waals surface area contributed by atoms with Crippen molar-refractivity contribution >= 4 is 11.9 Å². The van der Waals surface area contributed by atoms with E-state index >= 15 is 0 Å². The lowest BCUT2D eigenvalue weighted by Gasteiger charge is -2.27. The summed E-state index contributed by atoms with van der Waals surface area (Å²) in [6.45, 7) is 0. The Bertz CT molecular complexity index is 854. The number of rotatable bonds is 2. The molecule has 146 valence electrons. The number of hydrogen-bond acceptors (Lipinski definition) is 6. The molecule has 0 fully saturated rings. The maximum absolute atomic E-state index is 12.5. The Morgan fingerprint density at radius 2 is 1.00 bits per heavy atom. The molecule has 0 aliphatic heterocycles. The van der Waals surface area contributed by atoms with Crippen LogP contribution in [0, 0.1) is 0 Å². The fourth-order valence-electron chi connectivity index (χ4n) is 4.72. The Hall–Kier alpha value is -2.70. The van der Waals surface area contributed by atoms with Crippen molar-refractivity contribution < 1.29 is 19.1 Å². The highest BCUT2D eigenvalue weighted by Gasteiger charge is 2.44. The Labute approximate surface area is 163 Å². The van der Waals surface area contributed by atoms with Gasteiger partial charge in [0.1, 0.15) is 11.1 Å². The van der Waals surface area contributed by atoms with E-state index in [-0.39, 0.29) is 0 Å². The second kappa shape index (κ2) is 6.43. The molecule has 0 saturated carbocycles. The fourth-order valence-corrected chi connectivity index (χ4v) is 4.72. The summed E-state index contributed by atoms with van der Waals surface area (Å²) in [4.78, 5) is 25.0. The number of ether oxygens (including phenoxy) is 2. The third-order valence-electron chi connectivity index (χ3n) is 5.93. The van der Waals surface area contributed by atoms with Gasteiger partial charge in [-0.25, -0.2) is 0 Å². The zero-order chi connectivity index (χ0) is 20.1. The van der Waals surface area contributed by atoms with Crippen LogP contribution in [0.25, 0.3) is 11.1 Å². The topological polar surface area (TPSA) is 105 Å². The quantitative estimate of drug-likeness (QED) is 0.761. The number of methoxy groups -OCH3 is 2. The SMILES string of the molecule is COC(=O)C1(N)Cc2cccc3c2-c2c(cccc2CC(N)(C(=O)OC)C3)C1. The number of carbonyl (C=O) groups excluding carboxylic acids is 2. The smallest absolute Gasteiger partial charge is 0.326 e. The Balaban J connectivity index is 2.00. The predicted molar refractivity (Wildman–Crippen MR) is 105 cm³/mol. The highest BCUT2D eigenvalue weighted by Crippen LogP contribution is 2.44. The zero-order valence-electron chi connectivity index (χ0n) is 16.1. The lowest BCUT2D eigenvalue weighted by molar-refractivity contribution is -0.147. The number of benzene rings is 2. The van der Waals surface area contributed by atoms with Gasteiger partial charge in [0.25, 0.3) is 0 Å². The molecule has 0 bridgehead atoms. The van der Waals surface area contributed by atoms with Crippen LogP contribution in [0.4, 0.5) is 0 Å². The molecule has 0 spiro atoms. The Morgan fingerprint density at radius 1 is 0.714 bits per heavy atom. The van der Waals surface area contributed by atoms with Crippen LogP contribution in [-0.4, -0.2) is 37.2 Å². The van der Waals surface area contributed by atoms with Crippen molar-refractivity contribution in [1.82, 2.24) is 0 Å². The van der Waals surface area contributed by atoms with Crippen LogP contribution in [0.2, 0.25) is 0 Å². The maximum atomic E-state index is 12.5. The van der Waals surface area contributed by atoms with Crippen LogP contribution in [-0.2, 0) is 44.7 Å². The van der Waals surface area contributed by atoms with Crippen LogP contribution >= 0.6 is 0 Å². The molecule has 2 aliphatic carbocycles. The van der Waals surface area contributed by atoms with E-state index in [2.05, 4.69) is 0 Å². The van der Waals surface area contributed by atoms with E-state index in [1.165, 1.54) is 14.2 Å². The molecule has 28 heavy (non-hydrogen) atoms. The molecule has 0 atom stereocenters. The van der Waals surface area contributed by atoms with E-state index in [4.69, 9.17) is 20.9 Å². The third kappa shape index (κ3) is 2.72. The van der Waals surface area contributed by atoms with Crippen LogP contribution < -0.4 is 11.5 Å². The molecule has 0 saturated heterocycles. The van der Waals surface area contributed by atoms with E-state index in [9.17, 15) is 9.59 Å². The molecule has 2 aromatic rings. The summed E-state index contributed by atoms with van der Waals surface area (Å²) in [7, 11) is 2.72. The number of carbonyl (C=O) groups is 2. The summed E-state index contributed by atoms with van der Waals surface area (Å²) in [6, 6.07) is 11.8. The predicted octanol–water partition coefficient (Wildman–Crippen LogP) is 1.29. The molecule has 0 aromatic heterocycles. The van der Waals surface area contributed by atoms with Gasteiger partial charge >= 0.3 is 11.9 Å². The molecule has 2 aromatic carbocycles. The first-order chi connectivity index (χ1) is 13.3. The van der Waals surface area contributed by atoms with Gasteiger partial charge in [0.15, 0.2) is 0 Å². The van der Waals surface area contributed by atoms with Gasteiger partial charge < -0.3 is 20.9 Å². The first kappa shape index (κ1) is 18.7. The van der Waals surface area contributed by atoms with Crippen molar-refractivity contribution in [3.63, 3.8) is 0 Å². The first-order valence-corrected chi connectivity index (χ1v) is 9.28. The van der Waals surface area contributed by atoms with Crippen molar-refractivity contribution in [3.05, 3.63) is 58.7 Å². The second-order valence-electron chi connectivity index (χ2n) is 7.91. The van der Waals surface area contributed by atoms with Gasteiger partial charge in [0.2, 0.25) is 0 Å². The summed E-state index contributed by atoms with van der Waals surface area (Å²) >= 11 is 0. The van der Waals surface area contributed by atoms with Gasteiger partial charge in [-0.05, 0) is 33.4 Å². The van der Waals surface area contributed by atoms with Crippen molar-refractivity contribution in [2.75, 3.05) is 14.2 Å². The summed E-state index contributed by atoms with van der Waals surface area (Å²) in [5.41, 5.74) is 16.7. The summed E-state index contributed by atoms with van der Waals surface area (Å²) in [6.07, 6.45) is 1.42. The van der Waals surface area contributed by atoms with Crippen molar-refractivity contribution in [2.45, 2.75) is 36.8 Å². The molecule has 4 N–H and O–H groups in total. The number of nitrogens with two attached hydrogens (primary N) is 2. The summed E-state index contributed by atoms with van der Waals surface area (Å²) in [5, 5.41) is 0. The van der Waals surface area contributed by atoms with E-state index in [0.717, 1.165) is 33.4 Å². The largest absolute Gasteiger partial charge is 0.468 e. The molecule has 4 rings (SSSR count). The van der Waals surface area contributed by atoms with E-state index in [0.29, 0.717) is 25.7 Å². The van der Waals surface area contributed by atoms with Crippen molar-refractivity contribution in [3.8, 4) is 11.1 Å². The monoisotopic (exact) mass is 380 g/mol. The Kier molecular flexibility index (Phi) is 4.28. The average molecular weight is 380 g/mol. The van der Waals surface area contributed by atoms with Gasteiger partial charge in [0.05, 0.1) is 14.2 Å². The standard InChI is InChI=1S/C22H24N2O4/c1-27-19(25)21(23)9-13-5-3-7-15-11-22(24,20(26)28-2)12-16-8-4-6-14(10-21)18(16)17(13)15/h3-8H,9-12,23-24H2,1-2H3. The lowest BCUT2D eigenvalue weighted by Crippen LogP contribution is -2.53. The van der Waals surface area contributed by atoms with E-state index < -0.39 is 23.0 Å². The third-order valence-corrected chi connectivity index (χ3v) is 5.93. The van der Waals surface area contributed by atoms with Gasteiger partial charge in [-0.1, -0.05) is 36.4 Å². The highest BCUT2D eigenvalue weighted by molar-refractivity contribution is 5.89. The van der Waals surface area contributed by atoms with Gasteiger partial charge in [-0.15, -0.1) is 0 Å². The second-order valence-corrected chi connectivity index (χ2v) is 7.91. The molecule has 6 nitrogen and oxygen atoms in total. The maximum Gasteiger partial charge on any atom is 0.326 e. The fraction of sp³-hybridized carbons (Fsp3) is 0.364. The average Bonchev–Trinajstić information content (AvgIpc) is 2.90. The molecule has 0 heterocycles. The van der Waals surface area contributed by atoms with Crippen molar-refractivity contribution in [2.24, 2.45) is 11.5 Å². The normalized spacial score (nSPS) is 18.3. The van der Waals surface area contributed by atoms with Gasteiger partial charge in [-0.3, -0.25) is 9.59 Å². The zero-order valence-corrected chi connectivity index (χ0v) is 16.1. The highest BCUT2D eigenvalue weighted by atomic mass is 16.5. The molecular weight excluding hydrogens is 356 g/mol. The summed E-state index contributed by atoms with van der Waals surface area (Å²) < 4.78 is 10.0. The minimum Gasteiger partial charge on any atom is -0.468 e. The van der Waals surface area contributed by atoms with Crippen LogP contribution in [0.15, 0.2) is 36.4 Å². The molecule has 0 radical (unpaired) electrons. The van der Waals surface area contributed by atoms with Gasteiger partial charge in [-0.2, -0.15) is 0 Å². The van der Waals surface area contributed by atoms with Crippen LogP contribution in [0.5, 0.6) is 0 Å². The Morgan fingerprint density at radius 3 is 1.25 bits per heavy atom. The molecule has 2 aliphatic rings. The van der Waals surface area contributed by atoms with Crippen molar-refractivity contribution in [1.29, 1.82) is 0 Å². The minimum atomic E-state index is -1.15. The molecule has 6 heteroatoms. The molecular formula is C22H24N2O4. The summed E-state index contributed by atoms with van der Waals surface area (Å²) in [5.74, 6) is -0.858. The van der Waals surface area contributed by atoms with Gasteiger partial charge in [0, 0.05) is 25.7 Å². The lowest BCUT2D eigenvalue weighted by atomic mass is 9.84. The minimum absolute atomic E-state index is 0.354. The first-order valence-electron chi connectivity index (χ1n) is 9.28. The molecule has 0 unspecified atom stereocenters. The van der Waals surface area contributed by atoms with E-state index in [1.54, 1.807) is 0 Å². The number of hydrogen-bond donors (Lipinski definition) is 2. The molecule has 0 amide bonds. The van der Waals surface area contributed by atoms with E-state index in [1.807, 2.05) is 36.4 Å². The number of esters is 2. The van der Waals surface area contributed by atoms with Crippen LogP contribution in [0.3, 0.4) is 0 Å². The van der Waals surface area contributed by atoms with Crippen LogP contribution in [0.1, 0.15) is 22.3 Å².